The van der Waals surface area contributed by atoms with Crippen molar-refractivity contribution in [3.63, 3.8) is 0 Å². The Morgan fingerprint density at radius 2 is 1.91 bits per heavy atom. The van der Waals surface area contributed by atoms with Crippen molar-refractivity contribution in [3.05, 3.63) is 57.3 Å². The number of anilines is 2. The van der Waals surface area contributed by atoms with E-state index in [2.05, 4.69) is 4.98 Å². The average molecular weight is 619 g/mol. The van der Waals surface area contributed by atoms with Crippen molar-refractivity contribution in [1.29, 1.82) is 0 Å². The highest BCUT2D eigenvalue weighted by molar-refractivity contribution is 5.95. The minimum absolute atomic E-state index is 0.00154. The number of aromatic carboxylic acids is 1. The standard InChI is InChI=1S/C29H29F3N4O8/c1-14-2-3-16-22-17(24(38)18(27(39)40)11-35(14)22)8-19(30)23(16)34-6-4-29(42,5-7-34)13-43-21-9-20(31)26(33-25(21)32)36-10-15(12-37)44-28(36)41/h8-9,11,14-15,37,42H,2-7,10,12-13H2,1H3,(H,39,40)/t14-,15+/m0/s1. The molecule has 0 spiro atoms. The van der Waals surface area contributed by atoms with Crippen LogP contribution in [0.25, 0.3) is 10.9 Å². The van der Waals surface area contributed by atoms with Gasteiger partial charge in [0.2, 0.25) is 5.43 Å². The van der Waals surface area contributed by atoms with Gasteiger partial charge in [0.15, 0.2) is 17.4 Å². The highest BCUT2D eigenvalue weighted by Crippen LogP contribution is 2.40. The minimum Gasteiger partial charge on any atom is -0.486 e. The third-order valence-corrected chi connectivity index (χ3v) is 8.58. The number of carboxylic acids is 1. The van der Waals surface area contributed by atoms with E-state index in [4.69, 9.17) is 14.6 Å². The van der Waals surface area contributed by atoms with Gasteiger partial charge in [-0.25, -0.2) is 18.4 Å². The molecule has 12 nitrogen and oxygen atoms in total. The number of aromatic nitrogens is 2. The molecule has 2 aromatic heterocycles. The molecular weight excluding hydrogens is 589 g/mol. The van der Waals surface area contributed by atoms with Crippen LogP contribution >= 0.6 is 0 Å². The third kappa shape index (κ3) is 4.99. The lowest BCUT2D eigenvalue weighted by Gasteiger charge is -2.40. The van der Waals surface area contributed by atoms with E-state index in [1.165, 1.54) is 6.20 Å². The summed E-state index contributed by atoms with van der Waals surface area (Å²) in [6.07, 6.45) is 0.658. The molecule has 0 radical (unpaired) electrons. The SMILES string of the molecule is C[C@H]1CCc2c(N3CCC(O)(COc4cc(F)c(N5C[C@H](CO)OC5=O)nc4F)CC3)c(F)cc3c(=O)c(C(=O)O)cn1c23. The Hall–Kier alpha value is -4.37. The van der Waals surface area contributed by atoms with Crippen LogP contribution in [0.5, 0.6) is 5.75 Å². The second kappa shape index (κ2) is 11.0. The first kappa shape index (κ1) is 29.7. The Kier molecular flexibility index (Phi) is 7.40. The number of nitrogens with zero attached hydrogens (tertiary/aromatic N) is 4. The van der Waals surface area contributed by atoms with Gasteiger partial charge in [0.05, 0.1) is 24.4 Å². The first-order valence-corrected chi connectivity index (χ1v) is 14.1. The van der Waals surface area contributed by atoms with E-state index in [1.807, 2.05) is 6.92 Å². The number of hydrogen-bond acceptors (Lipinski definition) is 9. The summed E-state index contributed by atoms with van der Waals surface area (Å²) in [5, 5.41) is 29.8. The van der Waals surface area contributed by atoms with Crippen LogP contribution in [0.2, 0.25) is 0 Å². The number of cyclic esters (lactones) is 1. The highest BCUT2D eigenvalue weighted by Gasteiger charge is 2.38. The van der Waals surface area contributed by atoms with Crippen molar-refractivity contribution in [3.8, 4) is 5.75 Å². The van der Waals surface area contributed by atoms with Gasteiger partial charge in [0.1, 0.15) is 29.7 Å². The first-order chi connectivity index (χ1) is 20.9. The monoisotopic (exact) mass is 618 g/mol. The van der Waals surface area contributed by atoms with Gasteiger partial charge in [-0.2, -0.15) is 9.37 Å². The number of aryl methyl sites for hydroxylation is 1. The van der Waals surface area contributed by atoms with E-state index in [0.29, 0.717) is 30.0 Å². The number of benzene rings is 1. The molecule has 3 aliphatic heterocycles. The summed E-state index contributed by atoms with van der Waals surface area (Å²) < 4.78 is 57.1. The number of carbonyl (C=O) groups is 2. The summed E-state index contributed by atoms with van der Waals surface area (Å²) in [5.41, 5.74) is -1.30. The fourth-order valence-corrected chi connectivity index (χ4v) is 6.15. The maximum absolute atomic E-state index is 15.6. The molecule has 0 saturated carbocycles. The van der Waals surface area contributed by atoms with Crippen molar-refractivity contribution in [2.45, 2.75) is 50.4 Å². The van der Waals surface area contributed by atoms with Crippen LogP contribution in [-0.4, -0.2) is 81.5 Å². The van der Waals surface area contributed by atoms with Crippen LogP contribution < -0.4 is 20.0 Å². The summed E-state index contributed by atoms with van der Waals surface area (Å²) in [5.74, 6) is -5.54. The van der Waals surface area contributed by atoms with Gasteiger partial charge in [0, 0.05) is 42.3 Å². The molecule has 44 heavy (non-hydrogen) atoms. The molecule has 3 aliphatic rings. The number of amides is 1. The van der Waals surface area contributed by atoms with Crippen LogP contribution in [0.4, 0.5) is 29.5 Å². The lowest BCUT2D eigenvalue weighted by molar-refractivity contribution is -0.0253. The lowest BCUT2D eigenvalue weighted by atomic mass is 9.89. The number of piperidine rings is 1. The van der Waals surface area contributed by atoms with Crippen LogP contribution in [0.3, 0.4) is 0 Å². The van der Waals surface area contributed by atoms with Crippen LogP contribution in [0.15, 0.2) is 23.1 Å². The molecular formula is C29H29F3N4O8. The van der Waals surface area contributed by atoms with Crippen LogP contribution in [0, 0.1) is 17.6 Å². The van der Waals surface area contributed by atoms with Crippen molar-refractivity contribution in [1.82, 2.24) is 9.55 Å². The molecule has 2 fully saturated rings. The van der Waals surface area contributed by atoms with E-state index in [9.17, 15) is 33.4 Å². The van der Waals surface area contributed by atoms with Crippen molar-refractivity contribution < 1.29 is 47.6 Å². The Bertz CT molecular complexity index is 1740. The van der Waals surface area contributed by atoms with Gasteiger partial charge in [-0.1, -0.05) is 0 Å². The van der Waals surface area contributed by atoms with E-state index in [0.717, 1.165) is 11.0 Å². The number of rotatable bonds is 7. The van der Waals surface area contributed by atoms with Crippen molar-refractivity contribution in [2.75, 3.05) is 42.6 Å². The van der Waals surface area contributed by atoms with E-state index in [1.54, 1.807) is 9.47 Å². The molecule has 0 bridgehead atoms. The Morgan fingerprint density at radius 3 is 2.57 bits per heavy atom. The molecule has 2 saturated heterocycles. The van der Waals surface area contributed by atoms with Crippen molar-refractivity contribution >= 4 is 34.5 Å². The largest absolute Gasteiger partial charge is 0.486 e. The fraction of sp³-hybridized carbons (Fsp3) is 0.448. The number of hydrogen-bond donors (Lipinski definition) is 3. The number of carbonyl (C=O) groups excluding carboxylic acids is 1. The quantitative estimate of drug-likeness (QED) is 0.337. The number of carboxylic acid groups (broad SMARTS) is 1. The first-order valence-electron chi connectivity index (χ1n) is 14.1. The Balaban J connectivity index is 1.19. The number of aliphatic hydroxyl groups excluding tert-OH is 1. The van der Waals surface area contributed by atoms with E-state index < -0.39 is 77.1 Å². The third-order valence-electron chi connectivity index (χ3n) is 8.58. The number of aliphatic hydroxyl groups is 2. The van der Waals surface area contributed by atoms with Crippen molar-refractivity contribution in [2.24, 2.45) is 0 Å². The van der Waals surface area contributed by atoms with Crippen LogP contribution in [-0.2, 0) is 11.2 Å². The number of ether oxygens (including phenoxy) is 2. The summed E-state index contributed by atoms with van der Waals surface area (Å²) in [7, 11) is 0. The van der Waals surface area contributed by atoms with Gasteiger partial charge in [-0.15, -0.1) is 0 Å². The minimum atomic E-state index is -1.47. The van der Waals surface area contributed by atoms with Crippen LogP contribution in [0.1, 0.15) is 48.1 Å². The molecule has 2 atom stereocenters. The van der Waals surface area contributed by atoms with E-state index >= 15 is 4.39 Å². The van der Waals surface area contributed by atoms with E-state index in [-0.39, 0.29) is 49.6 Å². The topological polar surface area (TPSA) is 155 Å². The predicted octanol–water partition coefficient (Wildman–Crippen LogP) is 2.75. The van der Waals surface area contributed by atoms with Gasteiger partial charge < -0.3 is 34.3 Å². The molecule has 1 aromatic carbocycles. The van der Waals surface area contributed by atoms with Gasteiger partial charge >= 0.3 is 12.1 Å². The Labute approximate surface area is 247 Å². The zero-order valence-electron chi connectivity index (χ0n) is 23.6. The predicted molar refractivity (Wildman–Crippen MR) is 149 cm³/mol. The maximum atomic E-state index is 15.6. The maximum Gasteiger partial charge on any atom is 0.416 e. The smallest absolute Gasteiger partial charge is 0.416 e. The number of pyridine rings is 2. The molecule has 1 amide bonds. The number of halogens is 3. The summed E-state index contributed by atoms with van der Waals surface area (Å²) >= 11 is 0. The van der Waals surface area contributed by atoms with Gasteiger partial charge in [-0.05, 0) is 38.7 Å². The summed E-state index contributed by atoms with van der Waals surface area (Å²) in [6, 6.07) is 1.67. The summed E-state index contributed by atoms with van der Waals surface area (Å²) in [6.45, 7) is 1.13. The van der Waals surface area contributed by atoms with Gasteiger partial charge in [-0.3, -0.25) is 9.69 Å². The van der Waals surface area contributed by atoms with Gasteiger partial charge in [0.25, 0.3) is 5.95 Å². The molecule has 3 N–H and O–H groups in total. The molecule has 0 unspecified atom stereocenters. The molecule has 6 rings (SSSR count). The highest BCUT2D eigenvalue weighted by atomic mass is 19.1. The lowest BCUT2D eigenvalue weighted by Crippen LogP contribution is -2.48. The zero-order chi connectivity index (χ0) is 31.5. The molecule has 0 aliphatic carbocycles. The second-order valence-electron chi connectivity index (χ2n) is 11.4. The molecule has 15 heteroatoms. The second-order valence-corrected chi connectivity index (χ2v) is 11.4. The fourth-order valence-electron chi connectivity index (χ4n) is 6.15. The Morgan fingerprint density at radius 1 is 1.18 bits per heavy atom. The summed E-state index contributed by atoms with van der Waals surface area (Å²) in [4.78, 5) is 42.5. The normalized spacial score (nSPS) is 21.1. The zero-order valence-corrected chi connectivity index (χ0v) is 23.6. The molecule has 5 heterocycles. The molecule has 3 aromatic rings. The average Bonchev–Trinajstić information content (AvgIpc) is 3.37. The molecule has 234 valence electrons.